The molecule has 0 saturated carbocycles. The molecule has 10 heteroatoms. The van der Waals surface area contributed by atoms with Crippen LogP contribution >= 0.6 is 0 Å². The minimum Gasteiger partial charge on any atom is -0.477 e. The summed E-state index contributed by atoms with van der Waals surface area (Å²) in [6.07, 6.45) is -4.63. The highest BCUT2D eigenvalue weighted by Gasteiger charge is 2.35. The molecule has 118 valence electrons. The lowest BCUT2D eigenvalue weighted by Crippen LogP contribution is -2.37. The molecule has 2 aromatic heterocycles. The summed E-state index contributed by atoms with van der Waals surface area (Å²) in [5.74, 6) is -1.06. The number of carbonyl (C=O) groups is 1. The number of aromatic carboxylic acids is 1. The molecule has 3 rings (SSSR count). The van der Waals surface area contributed by atoms with Crippen LogP contribution < -0.4 is 4.90 Å². The Kier molecular flexibility index (Phi) is 3.39. The molecule has 7 nitrogen and oxygen atoms in total. The maximum Gasteiger partial charge on any atom is 0.435 e. The van der Waals surface area contributed by atoms with Crippen molar-refractivity contribution in [2.24, 2.45) is 0 Å². The number of halogens is 3. The second kappa shape index (κ2) is 5.13. The molecule has 0 aromatic carbocycles. The third-order valence-corrected chi connectivity index (χ3v) is 3.25. The zero-order valence-corrected chi connectivity index (χ0v) is 11.2. The topological polar surface area (TPSA) is 80.0 Å². The molecule has 1 aliphatic heterocycles. The Bertz CT molecular complexity index is 722. The van der Waals surface area contributed by atoms with Gasteiger partial charge in [-0.3, -0.25) is 0 Å². The van der Waals surface area contributed by atoms with Crippen molar-refractivity contribution in [1.29, 1.82) is 0 Å². The summed E-state index contributed by atoms with van der Waals surface area (Å²) in [5.41, 5.74) is -1.60. The fraction of sp³-hybridized carbons (Fsp3) is 0.417. The quantitative estimate of drug-likeness (QED) is 0.899. The van der Waals surface area contributed by atoms with Gasteiger partial charge in [-0.1, -0.05) is 0 Å². The lowest BCUT2D eigenvalue weighted by molar-refractivity contribution is -0.141. The molecule has 1 aliphatic rings. The van der Waals surface area contributed by atoms with E-state index in [1.807, 2.05) is 0 Å². The van der Waals surface area contributed by atoms with E-state index in [1.54, 1.807) is 4.90 Å². The normalized spacial score (nSPS) is 16.2. The Balaban J connectivity index is 2.18. The smallest absolute Gasteiger partial charge is 0.435 e. The maximum absolute atomic E-state index is 12.8. The number of alkyl halides is 3. The first-order valence-electron chi connectivity index (χ1n) is 6.40. The average molecular weight is 316 g/mol. The first-order chi connectivity index (χ1) is 10.4. The zero-order chi connectivity index (χ0) is 15.9. The summed E-state index contributed by atoms with van der Waals surface area (Å²) < 4.78 is 44.6. The van der Waals surface area contributed by atoms with E-state index < -0.39 is 17.8 Å². The standard InChI is InChI=1S/C12H11F3N4O3/c13-12(14,15)8-6-9-16-7(11(20)21)5-10(19(9)17-8)18-1-3-22-4-2-18/h5-6H,1-4H2,(H,20,21). The van der Waals surface area contributed by atoms with Gasteiger partial charge >= 0.3 is 12.1 Å². The van der Waals surface area contributed by atoms with E-state index >= 15 is 0 Å². The van der Waals surface area contributed by atoms with Crippen molar-refractivity contribution in [3.63, 3.8) is 0 Å². The van der Waals surface area contributed by atoms with Crippen molar-refractivity contribution < 1.29 is 27.8 Å². The second-order valence-corrected chi connectivity index (χ2v) is 4.70. The minimum absolute atomic E-state index is 0.159. The van der Waals surface area contributed by atoms with Crippen LogP contribution in [0.4, 0.5) is 19.0 Å². The first-order valence-corrected chi connectivity index (χ1v) is 6.40. The Hall–Kier alpha value is -2.36. The van der Waals surface area contributed by atoms with Crippen LogP contribution in [0.1, 0.15) is 16.2 Å². The van der Waals surface area contributed by atoms with Crippen molar-refractivity contribution in [3.05, 3.63) is 23.5 Å². The number of hydrogen-bond acceptors (Lipinski definition) is 5. The van der Waals surface area contributed by atoms with E-state index in [2.05, 4.69) is 10.1 Å². The van der Waals surface area contributed by atoms with Gasteiger partial charge in [0.05, 0.1) is 13.2 Å². The predicted molar refractivity (Wildman–Crippen MR) is 68.0 cm³/mol. The van der Waals surface area contributed by atoms with E-state index in [9.17, 15) is 18.0 Å². The minimum atomic E-state index is -4.63. The Morgan fingerprint density at radius 2 is 1.95 bits per heavy atom. The van der Waals surface area contributed by atoms with Gasteiger partial charge in [0.25, 0.3) is 0 Å². The van der Waals surface area contributed by atoms with Gasteiger partial charge in [-0.25, -0.2) is 9.78 Å². The molecule has 22 heavy (non-hydrogen) atoms. The van der Waals surface area contributed by atoms with E-state index in [1.165, 1.54) is 6.07 Å². The summed E-state index contributed by atoms with van der Waals surface area (Å²) in [6.45, 7) is 1.66. The van der Waals surface area contributed by atoms with Gasteiger partial charge in [-0.2, -0.15) is 22.8 Å². The number of anilines is 1. The number of fused-ring (bicyclic) bond motifs is 1. The van der Waals surface area contributed by atoms with Crippen LogP contribution in [-0.4, -0.2) is 52.0 Å². The Morgan fingerprint density at radius 3 is 2.55 bits per heavy atom. The largest absolute Gasteiger partial charge is 0.477 e. The first kappa shape index (κ1) is 14.6. The lowest BCUT2D eigenvalue weighted by Gasteiger charge is -2.28. The zero-order valence-electron chi connectivity index (χ0n) is 11.2. The molecule has 0 spiro atoms. The predicted octanol–water partition coefficient (Wildman–Crippen LogP) is 1.28. The van der Waals surface area contributed by atoms with E-state index in [4.69, 9.17) is 9.84 Å². The molecule has 0 bridgehead atoms. The summed E-state index contributed by atoms with van der Waals surface area (Å²) in [5, 5.41) is 12.6. The van der Waals surface area contributed by atoms with Gasteiger partial charge in [0.1, 0.15) is 5.82 Å². The fourth-order valence-corrected chi connectivity index (χ4v) is 2.22. The highest BCUT2D eigenvalue weighted by Crippen LogP contribution is 2.30. The van der Waals surface area contributed by atoms with Gasteiger partial charge in [-0.05, 0) is 0 Å². The SMILES string of the molecule is O=C(O)c1cc(N2CCOCC2)n2nc(C(F)(F)F)cc2n1. The lowest BCUT2D eigenvalue weighted by atomic mass is 10.3. The van der Waals surface area contributed by atoms with Gasteiger partial charge in [0, 0.05) is 25.2 Å². The second-order valence-electron chi connectivity index (χ2n) is 4.70. The summed E-state index contributed by atoms with van der Waals surface area (Å²) >= 11 is 0. The van der Waals surface area contributed by atoms with E-state index in [0.717, 1.165) is 10.6 Å². The van der Waals surface area contributed by atoms with Crippen LogP contribution in [0, 0.1) is 0 Å². The average Bonchev–Trinajstić information content (AvgIpc) is 2.91. The third kappa shape index (κ3) is 2.56. The number of carboxylic acid groups (broad SMARTS) is 1. The summed E-state index contributed by atoms with van der Waals surface area (Å²) in [6, 6.07) is 1.95. The van der Waals surface area contributed by atoms with Crippen molar-refractivity contribution in [2.75, 3.05) is 31.2 Å². The van der Waals surface area contributed by atoms with Crippen LogP contribution in [-0.2, 0) is 10.9 Å². The number of aromatic nitrogens is 3. The highest BCUT2D eigenvalue weighted by atomic mass is 19.4. The number of hydrogen-bond donors (Lipinski definition) is 1. The van der Waals surface area contributed by atoms with Crippen molar-refractivity contribution in [1.82, 2.24) is 14.6 Å². The van der Waals surface area contributed by atoms with Crippen LogP contribution in [0.3, 0.4) is 0 Å². The molecule has 0 aliphatic carbocycles. The van der Waals surface area contributed by atoms with E-state index in [0.29, 0.717) is 26.3 Å². The maximum atomic E-state index is 12.8. The third-order valence-electron chi connectivity index (χ3n) is 3.25. The number of morpholine rings is 1. The molecule has 2 aromatic rings. The number of nitrogens with zero attached hydrogens (tertiary/aromatic N) is 4. The molecule has 3 heterocycles. The highest BCUT2D eigenvalue weighted by molar-refractivity contribution is 5.87. The molecule has 1 N–H and O–H groups in total. The van der Waals surface area contributed by atoms with Gasteiger partial charge in [0.2, 0.25) is 0 Å². The summed E-state index contributed by atoms with van der Waals surface area (Å²) in [4.78, 5) is 16.6. The molecular formula is C12H11F3N4O3. The number of rotatable bonds is 2. The molecule has 0 amide bonds. The van der Waals surface area contributed by atoms with Crippen molar-refractivity contribution in [2.45, 2.75) is 6.18 Å². The van der Waals surface area contributed by atoms with Gasteiger partial charge in [-0.15, -0.1) is 0 Å². The number of ether oxygens (including phenoxy) is 1. The Labute approximate surface area is 121 Å². The van der Waals surface area contributed by atoms with Gasteiger partial charge in [0.15, 0.2) is 17.0 Å². The van der Waals surface area contributed by atoms with Crippen molar-refractivity contribution >= 4 is 17.4 Å². The van der Waals surface area contributed by atoms with Gasteiger partial charge < -0.3 is 14.7 Å². The molecule has 0 unspecified atom stereocenters. The Morgan fingerprint density at radius 1 is 1.27 bits per heavy atom. The molecule has 1 fully saturated rings. The molecule has 0 radical (unpaired) electrons. The number of carboxylic acids is 1. The van der Waals surface area contributed by atoms with Crippen LogP contribution in [0.25, 0.3) is 5.65 Å². The monoisotopic (exact) mass is 316 g/mol. The van der Waals surface area contributed by atoms with Crippen LogP contribution in [0.2, 0.25) is 0 Å². The molecule has 0 atom stereocenters. The van der Waals surface area contributed by atoms with Crippen molar-refractivity contribution in [3.8, 4) is 0 Å². The summed E-state index contributed by atoms with van der Waals surface area (Å²) in [7, 11) is 0. The molecule has 1 saturated heterocycles. The van der Waals surface area contributed by atoms with Crippen LogP contribution in [0.15, 0.2) is 12.1 Å². The van der Waals surface area contributed by atoms with E-state index in [-0.39, 0.29) is 17.2 Å². The molecular weight excluding hydrogens is 305 g/mol. The fourth-order valence-electron chi connectivity index (χ4n) is 2.22. The van der Waals surface area contributed by atoms with Crippen LogP contribution in [0.5, 0.6) is 0 Å².